The summed E-state index contributed by atoms with van der Waals surface area (Å²) in [6.07, 6.45) is 0.903. The summed E-state index contributed by atoms with van der Waals surface area (Å²) in [5.74, 6) is -0.929. The van der Waals surface area contributed by atoms with Crippen LogP contribution in [0.1, 0.15) is 31.9 Å². The number of carbonyl (C=O) groups excluding carboxylic acids is 2. The summed E-state index contributed by atoms with van der Waals surface area (Å²) in [4.78, 5) is 38.3. The van der Waals surface area contributed by atoms with E-state index in [-0.39, 0.29) is 28.9 Å². The maximum Gasteiger partial charge on any atom is 0.271 e. The van der Waals surface area contributed by atoms with Crippen LogP contribution in [0, 0.1) is 23.0 Å². The number of benzene rings is 2. The number of halogens is 2. The fourth-order valence-electron chi connectivity index (χ4n) is 3.44. The van der Waals surface area contributed by atoms with Gasteiger partial charge in [-0.25, -0.2) is 8.42 Å². The first-order valence-electron chi connectivity index (χ1n) is 11.4. The average Bonchev–Trinajstić information content (AvgIpc) is 2.80. The van der Waals surface area contributed by atoms with E-state index in [1.54, 1.807) is 25.1 Å². The third-order valence-corrected chi connectivity index (χ3v) is 7.41. The quantitative estimate of drug-likeness (QED) is 0.317. The summed E-state index contributed by atoms with van der Waals surface area (Å²) in [5.41, 5.74) is 0.665. The molecule has 2 aromatic rings. The molecule has 0 bridgehead atoms. The number of carbonyl (C=O) groups is 2. The SMILES string of the molecule is Cc1ccc([N+](=O)[O-])cc1N(CC(=O)N(Cc1ccc(Cl)c(Cl)c1)C(C)C(=O)NCC(C)C)S(C)(=O)=O. The van der Waals surface area contributed by atoms with Gasteiger partial charge in [0.05, 0.1) is 26.9 Å². The molecule has 0 saturated heterocycles. The summed E-state index contributed by atoms with van der Waals surface area (Å²) in [7, 11) is -4.04. The van der Waals surface area contributed by atoms with E-state index in [0.717, 1.165) is 16.6 Å². The molecule has 37 heavy (non-hydrogen) atoms. The fourth-order valence-corrected chi connectivity index (χ4v) is 4.66. The van der Waals surface area contributed by atoms with Crippen LogP contribution in [-0.4, -0.2) is 55.4 Å². The Morgan fingerprint density at radius 3 is 2.27 bits per heavy atom. The van der Waals surface area contributed by atoms with Crippen LogP contribution in [0.25, 0.3) is 0 Å². The molecule has 0 spiro atoms. The third-order valence-electron chi connectivity index (χ3n) is 5.54. The monoisotopic (exact) mass is 572 g/mol. The molecule has 2 aromatic carbocycles. The van der Waals surface area contributed by atoms with Gasteiger partial charge >= 0.3 is 0 Å². The number of non-ortho nitro benzene ring substituents is 1. The van der Waals surface area contributed by atoms with Gasteiger partial charge in [-0.15, -0.1) is 0 Å². The maximum atomic E-state index is 13.6. The molecule has 0 aliphatic heterocycles. The smallest absolute Gasteiger partial charge is 0.271 e. The second kappa shape index (κ2) is 12.6. The van der Waals surface area contributed by atoms with Crippen molar-refractivity contribution < 1.29 is 22.9 Å². The van der Waals surface area contributed by atoms with Crippen molar-refractivity contribution in [2.45, 2.75) is 40.3 Å². The summed E-state index contributed by atoms with van der Waals surface area (Å²) in [6.45, 7) is 6.62. The van der Waals surface area contributed by atoms with E-state index < -0.39 is 39.3 Å². The van der Waals surface area contributed by atoms with Crippen molar-refractivity contribution in [3.05, 3.63) is 67.7 Å². The number of anilines is 1. The van der Waals surface area contributed by atoms with Crippen LogP contribution in [0.3, 0.4) is 0 Å². The Labute approximate surface area is 226 Å². The Morgan fingerprint density at radius 2 is 1.73 bits per heavy atom. The van der Waals surface area contributed by atoms with E-state index in [4.69, 9.17) is 23.2 Å². The van der Waals surface area contributed by atoms with Gasteiger partial charge in [0.25, 0.3) is 5.69 Å². The highest BCUT2D eigenvalue weighted by atomic mass is 35.5. The molecule has 0 saturated carbocycles. The molecule has 0 aliphatic carbocycles. The lowest BCUT2D eigenvalue weighted by Gasteiger charge is -2.32. The Morgan fingerprint density at radius 1 is 1.08 bits per heavy atom. The van der Waals surface area contributed by atoms with Crippen molar-refractivity contribution in [1.82, 2.24) is 10.2 Å². The van der Waals surface area contributed by atoms with Crippen LogP contribution in [0.15, 0.2) is 36.4 Å². The number of hydrogen-bond donors (Lipinski definition) is 1. The predicted octanol–water partition coefficient (Wildman–Crippen LogP) is 4.17. The van der Waals surface area contributed by atoms with Gasteiger partial charge in [0.15, 0.2) is 0 Å². The molecule has 202 valence electrons. The number of rotatable bonds is 11. The predicted molar refractivity (Wildman–Crippen MR) is 144 cm³/mol. The van der Waals surface area contributed by atoms with E-state index in [1.165, 1.54) is 24.0 Å². The first-order chi connectivity index (χ1) is 17.1. The molecule has 2 amide bonds. The van der Waals surface area contributed by atoms with Gasteiger partial charge in [-0.3, -0.25) is 24.0 Å². The normalized spacial score (nSPS) is 12.2. The maximum absolute atomic E-state index is 13.6. The molecule has 1 unspecified atom stereocenters. The molecule has 0 aromatic heterocycles. The average molecular weight is 573 g/mol. The van der Waals surface area contributed by atoms with E-state index in [9.17, 15) is 28.1 Å². The lowest BCUT2D eigenvalue weighted by Crippen LogP contribution is -2.51. The lowest BCUT2D eigenvalue weighted by atomic mass is 10.1. The number of sulfonamides is 1. The molecular weight excluding hydrogens is 543 g/mol. The number of hydrogen-bond acceptors (Lipinski definition) is 6. The Kier molecular flexibility index (Phi) is 10.3. The minimum absolute atomic E-state index is 0.00329. The molecule has 2 rings (SSSR count). The zero-order chi connectivity index (χ0) is 28.1. The van der Waals surface area contributed by atoms with Gasteiger partial charge in [-0.2, -0.15) is 0 Å². The molecular formula is C24H30Cl2N4O6S. The highest BCUT2D eigenvalue weighted by Crippen LogP contribution is 2.28. The molecule has 0 radical (unpaired) electrons. The summed E-state index contributed by atoms with van der Waals surface area (Å²) >= 11 is 12.1. The standard InChI is InChI=1S/C24H30Cl2N4O6S/c1-15(2)12-27-24(32)17(4)28(13-18-7-9-20(25)21(26)10-18)23(31)14-29(37(5,35)36)22-11-19(30(33)34)8-6-16(22)3/h6-11,15,17H,12-14H2,1-5H3,(H,27,32). The first kappa shape index (κ1) is 30.3. The van der Waals surface area contributed by atoms with Gasteiger partial charge in [-0.1, -0.05) is 49.2 Å². The van der Waals surface area contributed by atoms with Crippen LogP contribution in [0.4, 0.5) is 11.4 Å². The zero-order valence-corrected chi connectivity index (χ0v) is 23.5. The summed E-state index contributed by atoms with van der Waals surface area (Å²) < 4.78 is 26.2. The van der Waals surface area contributed by atoms with Gasteiger partial charge < -0.3 is 10.2 Å². The van der Waals surface area contributed by atoms with Crippen molar-refractivity contribution in [3.8, 4) is 0 Å². The summed E-state index contributed by atoms with van der Waals surface area (Å²) in [6, 6.07) is 7.55. The van der Waals surface area contributed by atoms with Crippen LogP contribution in [-0.2, 0) is 26.2 Å². The van der Waals surface area contributed by atoms with Gasteiger partial charge in [0, 0.05) is 25.2 Å². The van der Waals surface area contributed by atoms with Crippen molar-refractivity contribution in [3.63, 3.8) is 0 Å². The molecule has 10 nitrogen and oxygen atoms in total. The van der Waals surface area contributed by atoms with E-state index >= 15 is 0 Å². The summed E-state index contributed by atoms with van der Waals surface area (Å²) in [5, 5.41) is 14.6. The van der Waals surface area contributed by atoms with Crippen molar-refractivity contribution in [2.75, 3.05) is 23.7 Å². The third kappa shape index (κ3) is 8.31. The number of nitro groups is 1. The molecule has 0 heterocycles. The van der Waals surface area contributed by atoms with E-state index in [2.05, 4.69) is 5.32 Å². The van der Waals surface area contributed by atoms with Crippen LogP contribution < -0.4 is 9.62 Å². The zero-order valence-electron chi connectivity index (χ0n) is 21.2. The first-order valence-corrected chi connectivity index (χ1v) is 14.0. The van der Waals surface area contributed by atoms with E-state index in [0.29, 0.717) is 22.7 Å². The highest BCUT2D eigenvalue weighted by Gasteiger charge is 2.31. The number of nitro benzene ring substituents is 1. The van der Waals surface area contributed by atoms with Crippen molar-refractivity contribution in [2.24, 2.45) is 5.92 Å². The van der Waals surface area contributed by atoms with Crippen LogP contribution >= 0.6 is 23.2 Å². The van der Waals surface area contributed by atoms with Gasteiger partial charge in [0.1, 0.15) is 12.6 Å². The molecule has 1 N–H and O–H groups in total. The van der Waals surface area contributed by atoms with Crippen LogP contribution in [0.5, 0.6) is 0 Å². The second-order valence-electron chi connectivity index (χ2n) is 9.08. The molecule has 1 atom stereocenters. The molecule has 0 fully saturated rings. The number of nitrogens with one attached hydrogen (secondary N) is 1. The largest absolute Gasteiger partial charge is 0.354 e. The number of nitrogens with zero attached hydrogens (tertiary/aromatic N) is 3. The molecule has 0 aliphatic rings. The van der Waals surface area contributed by atoms with Crippen molar-refractivity contribution in [1.29, 1.82) is 0 Å². The minimum atomic E-state index is -4.04. The van der Waals surface area contributed by atoms with Crippen LogP contribution in [0.2, 0.25) is 10.0 Å². The molecule has 13 heteroatoms. The fraction of sp³-hybridized carbons (Fsp3) is 0.417. The Hall–Kier alpha value is -2.89. The van der Waals surface area contributed by atoms with Gasteiger partial charge in [0.2, 0.25) is 21.8 Å². The lowest BCUT2D eigenvalue weighted by molar-refractivity contribution is -0.384. The van der Waals surface area contributed by atoms with Crippen molar-refractivity contribution >= 4 is 56.4 Å². The Balaban J connectivity index is 2.48. The minimum Gasteiger partial charge on any atom is -0.354 e. The highest BCUT2D eigenvalue weighted by molar-refractivity contribution is 7.92. The topological polar surface area (TPSA) is 130 Å². The van der Waals surface area contributed by atoms with E-state index in [1.807, 2.05) is 13.8 Å². The van der Waals surface area contributed by atoms with Gasteiger partial charge in [-0.05, 0) is 43.0 Å². The number of amides is 2. The number of aryl methyl sites for hydroxylation is 1. The Bertz CT molecular complexity index is 1290. The second-order valence-corrected chi connectivity index (χ2v) is 11.8.